The van der Waals surface area contributed by atoms with E-state index in [4.69, 9.17) is 0 Å². The summed E-state index contributed by atoms with van der Waals surface area (Å²) in [6.07, 6.45) is 0. The summed E-state index contributed by atoms with van der Waals surface area (Å²) in [6, 6.07) is 11.6. The van der Waals surface area contributed by atoms with Crippen LogP contribution in [0.25, 0.3) is 21.5 Å². The number of phenolic OH excluding ortho intramolecular Hbond substituents is 4. The van der Waals surface area contributed by atoms with Crippen LogP contribution in [-0.2, 0) is 54.4 Å². The zero-order chi connectivity index (χ0) is 44.9. The Kier molecular flexibility index (Phi) is 13.7. The molecule has 0 fully saturated rings. The fourth-order valence-electron chi connectivity index (χ4n) is 5.76. The van der Waals surface area contributed by atoms with Crippen molar-refractivity contribution < 1.29 is 110 Å². The zero-order valence-corrected chi connectivity index (χ0v) is 33.7. The SMILES string of the molecule is O=C(O)c1cc(N=Nc2c(S(=O)(=O)O)cc3cc(Nc4ccc5c(O)c(N=Nc6cc(C(=O)O)c([N+](=O)[O-])cc6O)c(S(=O)(=O)O)cc5c4)ccc3c2O)c(O)cc1[N+](=O)[O-].[Cu].[Cu]. The number of carboxylic acid groups (broad SMARTS) is 2. The van der Waals surface area contributed by atoms with Gasteiger partial charge in [0.25, 0.3) is 31.6 Å². The molecule has 0 amide bonds. The fourth-order valence-corrected chi connectivity index (χ4v) is 7.07. The summed E-state index contributed by atoms with van der Waals surface area (Å²) in [5, 5.41) is 101. The second kappa shape index (κ2) is 17.9. The number of nitrogens with one attached hydrogen (secondary N) is 1. The molecule has 29 heteroatoms. The van der Waals surface area contributed by atoms with Crippen molar-refractivity contribution >= 4 is 99.2 Å². The van der Waals surface area contributed by atoms with Gasteiger partial charge in [-0.3, -0.25) is 29.3 Å². The predicted octanol–water partition coefficient (Wildman–Crippen LogP) is 7.09. The average Bonchev–Trinajstić information content (AvgIpc) is 3.16. The van der Waals surface area contributed by atoms with Gasteiger partial charge in [0.15, 0.2) is 11.5 Å². The molecule has 334 valence electrons. The number of carbonyl (C=O) groups is 2. The first-order chi connectivity index (χ1) is 28.5. The van der Waals surface area contributed by atoms with Crippen molar-refractivity contribution in [3.8, 4) is 23.0 Å². The van der Waals surface area contributed by atoms with Crippen molar-refractivity contribution in [2.45, 2.75) is 9.79 Å². The van der Waals surface area contributed by atoms with Gasteiger partial charge in [-0.15, -0.1) is 20.5 Å². The van der Waals surface area contributed by atoms with Gasteiger partial charge in [0.2, 0.25) is 0 Å². The van der Waals surface area contributed by atoms with Gasteiger partial charge in [-0.1, -0.05) is 0 Å². The maximum Gasteiger partial charge on any atom is 0.342 e. The van der Waals surface area contributed by atoms with Crippen LogP contribution < -0.4 is 5.32 Å². The number of azo groups is 2. The Balaban J connectivity index is 0.00000436. The molecule has 6 aromatic rings. The number of nitro groups is 2. The smallest absolute Gasteiger partial charge is 0.342 e. The molecule has 0 heterocycles. The largest absolute Gasteiger partial charge is 0.505 e. The molecule has 0 aliphatic carbocycles. The average molecular weight is 1010 g/mol. The minimum atomic E-state index is -5.20. The van der Waals surface area contributed by atoms with Gasteiger partial charge >= 0.3 is 11.9 Å². The Morgan fingerprint density at radius 3 is 1.21 bits per heavy atom. The number of aromatic carboxylic acids is 2. The third-order valence-corrected chi connectivity index (χ3v) is 10.2. The minimum absolute atomic E-state index is 0. The van der Waals surface area contributed by atoms with Crippen molar-refractivity contribution in [3.63, 3.8) is 0 Å². The first kappa shape index (κ1) is 48.3. The van der Waals surface area contributed by atoms with Gasteiger partial charge in [0.1, 0.15) is 55.2 Å². The first-order valence-corrected chi connectivity index (χ1v) is 19.0. The molecule has 25 nitrogen and oxygen atoms in total. The number of hydrogen-bond acceptors (Lipinski definition) is 19. The monoisotopic (exact) mass is 1000 g/mol. The normalized spacial score (nSPS) is 11.7. The summed E-state index contributed by atoms with van der Waals surface area (Å²) < 4.78 is 69.7. The maximum atomic E-state index is 12.4. The van der Waals surface area contributed by atoms with Crippen molar-refractivity contribution in [2.24, 2.45) is 20.5 Å². The third-order valence-electron chi connectivity index (χ3n) is 8.50. The van der Waals surface area contributed by atoms with E-state index >= 15 is 0 Å². The van der Waals surface area contributed by atoms with E-state index in [-0.39, 0.29) is 67.1 Å². The molecule has 63 heavy (non-hydrogen) atoms. The number of carboxylic acids is 2. The Bertz CT molecular complexity index is 3040. The topological polar surface area (TPSA) is 412 Å². The molecule has 9 N–H and O–H groups in total. The quantitative estimate of drug-likeness (QED) is 0.0194. The van der Waals surface area contributed by atoms with Crippen LogP contribution in [0.5, 0.6) is 23.0 Å². The maximum absolute atomic E-state index is 12.4. The van der Waals surface area contributed by atoms with Crippen LogP contribution in [0.3, 0.4) is 0 Å². The molecule has 0 unspecified atom stereocenters. The van der Waals surface area contributed by atoms with Crippen LogP contribution in [0.2, 0.25) is 0 Å². The molecular formula is C34H21Cu2N7O18S2. The molecule has 0 aliphatic heterocycles. The number of fused-ring (bicyclic) bond motifs is 2. The van der Waals surface area contributed by atoms with Crippen molar-refractivity contribution in [1.82, 2.24) is 0 Å². The summed E-state index contributed by atoms with van der Waals surface area (Å²) in [7, 11) is -10.4. The number of nitro benzene ring substituents is 2. The number of benzene rings is 6. The number of aromatic hydroxyl groups is 4. The molecule has 0 spiro atoms. The van der Waals surface area contributed by atoms with Crippen LogP contribution >= 0.6 is 0 Å². The molecular weight excluding hydrogens is 986 g/mol. The summed E-state index contributed by atoms with van der Waals surface area (Å²) >= 11 is 0. The van der Waals surface area contributed by atoms with E-state index in [1.807, 2.05) is 0 Å². The molecule has 0 bridgehead atoms. The van der Waals surface area contributed by atoms with Crippen LogP contribution in [0, 0.1) is 20.2 Å². The van der Waals surface area contributed by atoms with E-state index in [1.165, 1.54) is 36.4 Å². The molecule has 6 aromatic carbocycles. The summed E-state index contributed by atoms with van der Waals surface area (Å²) in [5.41, 5.74) is -6.59. The van der Waals surface area contributed by atoms with Gasteiger partial charge in [-0.2, -0.15) is 16.8 Å². The molecule has 0 aliphatic rings. The fraction of sp³-hybridized carbons (Fsp3) is 0. The summed E-state index contributed by atoms with van der Waals surface area (Å²) in [5.74, 6) is -7.18. The molecule has 0 saturated heterocycles. The number of hydrogen-bond donors (Lipinski definition) is 9. The van der Waals surface area contributed by atoms with E-state index in [0.29, 0.717) is 24.3 Å². The van der Waals surface area contributed by atoms with Gasteiger partial charge in [-0.25, -0.2) is 9.59 Å². The van der Waals surface area contributed by atoms with Crippen LogP contribution in [0.15, 0.2) is 103 Å². The van der Waals surface area contributed by atoms with Gasteiger partial charge in [0.05, 0.1) is 22.0 Å². The minimum Gasteiger partial charge on any atom is -0.505 e. The van der Waals surface area contributed by atoms with E-state index in [1.54, 1.807) is 0 Å². The number of rotatable bonds is 12. The summed E-state index contributed by atoms with van der Waals surface area (Å²) in [6.45, 7) is 0. The van der Waals surface area contributed by atoms with Crippen LogP contribution in [0.4, 0.5) is 45.5 Å². The Morgan fingerprint density at radius 1 is 0.556 bits per heavy atom. The van der Waals surface area contributed by atoms with E-state index in [2.05, 4.69) is 25.8 Å². The molecule has 0 aromatic heterocycles. The molecule has 0 saturated carbocycles. The molecule has 2 radical (unpaired) electrons. The van der Waals surface area contributed by atoms with Gasteiger partial charge < -0.3 is 36.0 Å². The summed E-state index contributed by atoms with van der Waals surface area (Å²) in [4.78, 5) is 41.3. The predicted molar refractivity (Wildman–Crippen MR) is 206 cm³/mol. The van der Waals surface area contributed by atoms with Gasteiger partial charge in [-0.05, 0) is 71.4 Å². The Morgan fingerprint density at radius 2 is 0.905 bits per heavy atom. The van der Waals surface area contributed by atoms with Crippen LogP contribution in [0.1, 0.15) is 20.7 Å². The Hall–Kier alpha value is -7.36. The zero-order valence-electron chi connectivity index (χ0n) is 30.2. The van der Waals surface area contributed by atoms with Crippen molar-refractivity contribution in [2.75, 3.05) is 5.32 Å². The van der Waals surface area contributed by atoms with E-state index in [0.717, 1.165) is 12.1 Å². The molecule has 6 rings (SSSR count). The standard InChI is InChI=1S/C34H21N7O18S2.2Cu/c42-25-11-23(40(50)51)19(33(46)47)9-21(25)36-38-29-27(60(54,55)56)7-13-5-15(1-3-17(13)31(29)44)35-16-2-4-18-14(6-16)8-28(61(57,58)59)30(32(18)45)39-37-22-10-20(34(48)49)24(41(52)53)12-26(22)43;;/h1-12,35,42-45H,(H,46,47)(H,48,49)(H,54,55,56)(H,57,58,59);;. The van der Waals surface area contributed by atoms with Crippen molar-refractivity contribution in [1.29, 1.82) is 0 Å². The third kappa shape index (κ3) is 9.75. The second-order valence-electron chi connectivity index (χ2n) is 12.3. The first-order valence-electron chi connectivity index (χ1n) is 16.1. The Labute approximate surface area is 370 Å². The van der Waals surface area contributed by atoms with E-state index in [9.17, 15) is 86.4 Å². The van der Waals surface area contributed by atoms with E-state index < -0.39 is 120 Å². The second-order valence-corrected chi connectivity index (χ2v) is 15.1. The van der Waals surface area contributed by atoms with Crippen LogP contribution in [-0.4, -0.2) is 78.4 Å². The molecule has 0 atom stereocenters. The van der Waals surface area contributed by atoms with Crippen molar-refractivity contribution in [3.05, 3.63) is 104 Å². The number of phenols is 4. The van der Waals surface area contributed by atoms with Gasteiger partial charge in [0, 0.05) is 56.3 Å². The number of anilines is 2. The number of nitrogens with zero attached hydrogens (tertiary/aromatic N) is 6.